The van der Waals surface area contributed by atoms with Gasteiger partial charge in [-0.1, -0.05) is 12.2 Å². The third-order valence-corrected chi connectivity index (χ3v) is 2.49. The molecule has 0 amide bonds. The maximum Gasteiger partial charge on any atom is 0.0858 e. The summed E-state index contributed by atoms with van der Waals surface area (Å²) in [7, 11) is 1.83. The predicted molar refractivity (Wildman–Crippen MR) is 39.3 cm³/mol. The number of hydrogen-bond donors (Lipinski definition) is 1. The van der Waals surface area contributed by atoms with Crippen LogP contribution in [0.2, 0.25) is 0 Å². The predicted octanol–water partition coefficient (Wildman–Crippen LogP) is 1.10. The minimum Gasteiger partial charge on any atom is -0.298 e. The van der Waals surface area contributed by atoms with Gasteiger partial charge in [0.2, 0.25) is 0 Å². The average molecular weight is 139 g/mol. The Morgan fingerprint density at radius 3 is 2.80 bits per heavy atom. The summed E-state index contributed by atoms with van der Waals surface area (Å²) in [5.74, 6) is 1.50. The fraction of sp³-hybridized carbons (Fsp3) is 0.750. The van der Waals surface area contributed by atoms with E-state index in [2.05, 4.69) is 17.6 Å². The van der Waals surface area contributed by atoms with Crippen LogP contribution < -0.4 is 5.48 Å². The average Bonchev–Trinajstić information content (AvgIpc) is 2.48. The van der Waals surface area contributed by atoms with Gasteiger partial charge >= 0.3 is 0 Å². The fourth-order valence-corrected chi connectivity index (χ4v) is 2.02. The molecule has 0 aliphatic heterocycles. The first-order valence-corrected chi connectivity index (χ1v) is 3.91. The van der Waals surface area contributed by atoms with Gasteiger partial charge in [0.1, 0.15) is 0 Å². The second-order valence-corrected chi connectivity index (χ2v) is 3.14. The Morgan fingerprint density at radius 1 is 1.40 bits per heavy atom. The highest BCUT2D eigenvalue weighted by Gasteiger charge is 2.36. The highest BCUT2D eigenvalue weighted by atomic mass is 16.7. The monoisotopic (exact) mass is 139 g/mol. The Balaban J connectivity index is 1.96. The third kappa shape index (κ3) is 0.879. The van der Waals surface area contributed by atoms with Crippen LogP contribution in [-0.2, 0) is 4.84 Å². The summed E-state index contributed by atoms with van der Waals surface area (Å²) in [6, 6.07) is 0. The number of rotatable bonds is 2. The Morgan fingerprint density at radius 2 is 2.30 bits per heavy atom. The Kier molecular flexibility index (Phi) is 1.51. The maximum absolute atomic E-state index is 5.34. The van der Waals surface area contributed by atoms with E-state index in [0.29, 0.717) is 12.0 Å². The minimum absolute atomic E-state index is 0.444. The van der Waals surface area contributed by atoms with Crippen LogP contribution in [0.4, 0.5) is 0 Å². The summed E-state index contributed by atoms with van der Waals surface area (Å²) in [6.45, 7) is 0. The lowest BCUT2D eigenvalue weighted by molar-refractivity contribution is -0.0249. The normalized spacial score (nSPS) is 43.1. The summed E-state index contributed by atoms with van der Waals surface area (Å²) >= 11 is 0. The van der Waals surface area contributed by atoms with Crippen LogP contribution in [0.15, 0.2) is 12.2 Å². The molecule has 2 bridgehead atoms. The zero-order valence-electron chi connectivity index (χ0n) is 6.21. The van der Waals surface area contributed by atoms with Gasteiger partial charge in [0.15, 0.2) is 0 Å². The van der Waals surface area contributed by atoms with Crippen molar-refractivity contribution in [2.24, 2.45) is 11.8 Å². The van der Waals surface area contributed by atoms with Gasteiger partial charge in [-0.25, -0.2) is 5.48 Å². The van der Waals surface area contributed by atoms with Crippen molar-refractivity contribution in [1.29, 1.82) is 0 Å². The van der Waals surface area contributed by atoms with Gasteiger partial charge < -0.3 is 0 Å². The van der Waals surface area contributed by atoms with Crippen LogP contribution in [0, 0.1) is 11.8 Å². The molecule has 0 aromatic rings. The molecule has 2 rings (SSSR count). The molecule has 0 heterocycles. The van der Waals surface area contributed by atoms with Gasteiger partial charge in [-0.15, -0.1) is 0 Å². The van der Waals surface area contributed by atoms with E-state index >= 15 is 0 Å². The van der Waals surface area contributed by atoms with Crippen LogP contribution in [0.5, 0.6) is 0 Å². The molecule has 3 atom stereocenters. The Labute approximate surface area is 61.2 Å². The largest absolute Gasteiger partial charge is 0.298 e. The summed E-state index contributed by atoms with van der Waals surface area (Å²) < 4.78 is 0. The lowest BCUT2D eigenvalue weighted by Crippen LogP contribution is -2.24. The Bertz CT molecular complexity index is 155. The van der Waals surface area contributed by atoms with Crippen molar-refractivity contribution in [3.63, 3.8) is 0 Å². The molecule has 2 aliphatic rings. The Hall–Kier alpha value is -0.340. The van der Waals surface area contributed by atoms with E-state index in [4.69, 9.17) is 4.84 Å². The van der Waals surface area contributed by atoms with Gasteiger partial charge in [-0.2, -0.15) is 0 Å². The highest BCUT2D eigenvalue weighted by Crippen LogP contribution is 2.40. The molecule has 56 valence electrons. The lowest BCUT2D eigenvalue weighted by atomic mass is 10.1. The first kappa shape index (κ1) is 6.38. The maximum atomic E-state index is 5.34. The lowest BCUT2D eigenvalue weighted by Gasteiger charge is -2.16. The molecular weight excluding hydrogens is 126 g/mol. The number of nitrogens with one attached hydrogen (secondary N) is 1. The summed E-state index contributed by atoms with van der Waals surface area (Å²) in [4.78, 5) is 5.34. The molecule has 1 fully saturated rings. The van der Waals surface area contributed by atoms with Gasteiger partial charge in [-0.05, 0) is 18.8 Å². The van der Waals surface area contributed by atoms with Gasteiger partial charge in [0, 0.05) is 13.0 Å². The summed E-state index contributed by atoms with van der Waals surface area (Å²) in [5.41, 5.74) is 2.76. The van der Waals surface area contributed by atoms with Crippen molar-refractivity contribution in [3.05, 3.63) is 12.2 Å². The molecule has 0 aromatic heterocycles. The van der Waals surface area contributed by atoms with Crippen molar-refractivity contribution >= 4 is 0 Å². The number of hydroxylamine groups is 1. The quantitative estimate of drug-likeness (QED) is 0.457. The van der Waals surface area contributed by atoms with Crippen LogP contribution in [0.25, 0.3) is 0 Å². The van der Waals surface area contributed by atoms with E-state index in [1.807, 2.05) is 7.05 Å². The van der Waals surface area contributed by atoms with E-state index in [0.717, 1.165) is 5.92 Å². The number of hydrogen-bond acceptors (Lipinski definition) is 2. The van der Waals surface area contributed by atoms with Crippen molar-refractivity contribution < 1.29 is 4.84 Å². The highest BCUT2D eigenvalue weighted by molar-refractivity contribution is 5.10. The van der Waals surface area contributed by atoms with Crippen molar-refractivity contribution in [1.82, 2.24) is 5.48 Å². The number of fused-ring (bicyclic) bond motifs is 2. The van der Waals surface area contributed by atoms with Crippen LogP contribution >= 0.6 is 0 Å². The van der Waals surface area contributed by atoms with E-state index in [-0.39, 0.29) is 0 Å². The van der Waals surface area contributed by atoms with Gasteiger partial charge in [-0.3, -0.25) is 4.84 Å². The minimum atomic E-state index is 0.444. The van der Waals surface area contributed by atoms with Crippen LogP contribution in [0.1, 0.15) is 12.8 Å². The molecule has 2 aliphatic carbocycles. The molecule has 0 aromatic carbocycles. The molecule has 1 N–H and O–H groups in total. The first-order chi connectivity index (χ1) is 4.90. The molecule has 1 saturated carbocycles. The SMILES string of the molecule is CNOC1CC2C=CC1C2. The zero-order valence-corrected chi connectivity index (χ0v) is 6.21. The molecular formula is C8H13NO. The van der Waals surface area contributed by atoms with E-state index in [1.54, 1.807) is 0 Å². The third-order valence-electron chi connectivity index (χ3n) is 2.49. The molecule has 0 saturated heterocycles. The molecule has 2 heteroatoms. The van der Waals surface area contributed by atoms with E-state index < -0.39 is 0 Å². The van der Waals surface area contributed by atoms with Gasteiger partial charge in [0.25, 0.3) is 0 Å². The molecule has 10 heavy (non-hydrogen) atoms. The summed E-state index contributed by atoms with van der Waals surface area (Å²) in [6.07, 6.45) is 7.57. The van der Waals surface area contributed by atoms with Crippen molar-refractivity contribution in [3.8, 4) is 0 Å². The van der Waals surface area contributed by atoms with Crippen molar-refractivity contribution in [2.75, 3.05) is 7.05 Å². The van der Waals surface area contributed by atoms with Crippen molar-refractivity contribution in [2.45, 2.75) is 18.9 Å². The first-order valence-electron chi connectivity index (χ1n) is 3.91. The van der Waals surface area contributed by atoms with E-state index in [9.17, 15) is 0 Å². The zero-order chi connectivity index (χ0) is 6.97. The topological polar surface area (TPSA) is 21.3 Å². The second-order valence-electron chi connectivity index (χ2n) is 3.14. The van der Waals surface area contributed by atoms with Gasteiger partial charge in [0.05, 0.1) is 6.10 Å². The standard InChI is InChI=1S/C8H13NO/c1-9-10-8-5-6-2-3-7(8)4-6/h2-3,6-9H,4-5H2,1H3. The second kappa shape index (κ2) is 2.36. The molecule has 0 spiro atoms. The van der Waals surface area contributed by atoms with Crippen LogP contribution in [-0.4, -0.2) is 13.2 Å². The fourth-order valence-electron chi connectivity index (χ4n) is 2.02. The summed E-state index contributed by atoms with van der Waals surface area (Å²) in [5, 5.41) is 0. The van der Waals surface area contributed by atoms with E-state index in [1.165, 1.54) is 12.8 Å². The smallest absolute Gasteiger partial charge is 0.0858 e. The van der Waals surface area contributed by atoms with Crippen LogP contribution in [0.3, 0.4) is 0 Å². The number of allylic oxidation sites excluding steroid dienone is 1. The molecule has 3 unspecified atom stereocenters. The molecule has 2 nitrogen and oxygen atoms in total. The molecule has 0 radical (unpaired) electrons.